The lowest BCUT2D eigenvalue weighted by molar-refractivity contribution is 0.166. The molecule has 0 amide bonds. The van der Waals surface area contributed by atoms with E-state index in [4.69, 9.17) is 5.73 Å². The molecule has 2 aliphatic heterocycles. The van der Waals surface area contributed by atoms with Gasteiger partial charge in [-0.25, -0.2) is 0 Å². The van der Waals surface area contributed by atoms with Gasteiger partial charge in [0.2, 0.25) is 0 Å². The van der Waals surface area contributed by atoms with Gasteiger partial charge < -0.3 is 5.73 Å². The Morgan fingerprint density at radius 2 is 1.82 bits per heavy atom. The second kappa shape index (κ2) is 2.46. The highest BCUT2D eigenvalue weighted by atomic mass is 15.3. The molecule has 0 aromatic rings. The Kier molecular flexibility index (Phi) is 1.69. The molecule has 0 aromatic heterocycles. The normalized spacial score (nSPS) is 32.2. The zero-order valence-electron chi connectivity index (χ0n) is 7.34. The van der Waals surface area contributed by atoms with Crippen molar-refractivity contribution in [2.75, 3.05) is 13.1 Å². The molecule has 0 unspecified atom stereocenters. The summed E-state index contributed by atoms with van der Waals surface area (Å²) >= 11 is 0. The highest BCUT2D eigenvalue weighted by Gasteiger charge is 2.46. The summed E-state index contributed by atoms with van der Waals surface area (Å²) < 4.78 is 0. The van der Waals surface area contributed by atoms with Crippen LogP contribution in [0.4, 0.5) is 0 Å². The first-order chi connectivity index (χ1) is 5.26. The van der Waals surface area contributed by atoms with Gasteiger partial charge in [0, 0.05) is 11.6 Å². The quantitative estimate of drug-likeness (QED) is 0.609. The molecule has 0 aromatic carbocycles. The monoisotopic (exact) mass is 154 g/mol. The fourth-order valence-corrected chi connectivity index (χ4v) is 2.89. The fraction of sp³-hybridized carbons (Fsp3) is 1.00. The molecule has 2 N–H and O–H groups in total. The van der Waals surface area contributed by atoms with Gasteiger partial charge >= 0.3 is 0 Å². The maximum absolute atomic E-state index is 6.03. The maximum atomic E-state index is 6.03. The highest BCUT2D eigenvalue weighted by Crippen LogP contribution is 2.40. The van der Waals surface area contributed by atoms with Crippen molar-refractivity contribution in [3.8, 4) is 0 Å². The average molecular weight is 154 g/mol. The summed E-state index contributed by atoms with van der Waals surface area (Å²) in [5.41, 5.74) is 6.45. The molecule has 2 saturated heterocycles. The fourth-order valence-electron chi connectivity index (χ4n) is 2.89. The minimum absolute atomic E-state index is 0.368. The van der Waals surface area contributed by atoms with Crippen LogP contribution in [0.3, 0.4) is 0 Å². The smallest absolute Gasteiger partial charge is 0.0358 e. The van der Waals surface area contributed by atoms with E-state index in [1.54, 1.807) is 0 Å². The lowest BCUT2D eigenvalue weighted by atomic mass is 9.87. The minimum Gasteiger partial charge on any atom is -0.326 e. The van der Waals surface area contributed by atoms with Crippen LogP contribution in [0.2, 0.25) is 0 Å². The number of hydrogen-bond donors (Lipinski definition) is 1. The molecular formula is C9H18N2. The zero-order chi connectivity index (χ0) is 7.90. The van der Waals surface area contributed by atoms with Crippen LogP contribution in [0.1, 0.15) is 32.6 Å². The van der Waals surface area contributed by atoms with Crippen molar-refractivity contribution < 1.29 is 0 Å². The molecule has 64 valence electrons. The van der Waals surface area contributed by atoms with E-state index in [-0.39, 0.29) is 0 Å². The lowest BCUT2D eigenvalue weighted by Gasteiger charge is -2.35. The number of nitrogens with zero attached hydrogens (tertiary/aromatic N) is 1. The third-order valence-electron chi connectivity index (χ3n) is 3.55. The van der Waals surface area contributed by atoms with Crippen molar-refractivity contribution in [3.63, 3.8) is 0 Å². The van der Waals surface area contributed by atoms with Crippen LogP contribution in [0.25, 0.3) is 0 Å². The Hall–Kier alpha value is -0.0800. The van der Waals surface area contributed by atoms with Gasteiger partial charge in [-0.1, -0.05) is 0 Å². The van der Waals surface area contributed by atoms with E-state index >= 15 is 0 Å². The van der Waals surface area contributed by atoms with Gasteiger partial charge in [-0.05, 0) is 45.7 Å². The van der Waals surface area contributed by atoms with Crippen LogP contribution in [0.15, 0.2) is 0 Å². The number of rotatable bonds is 1. The molecule has 2 rings (SSSR count). The molecule has 0 saturated carbocycles. The summed E-state index contributed by atoms with van der Waals surface area (Å²) in [6.07, 6.45) is 5.40. The SMILES string of the molecule is C[C@H](N)C12CCCN1CCC2. The van der Waals surface area contributed by atoms with Crippen molar-refractivity contribution in [1.82, 2.24) is 4.90 Å². The third-order valence-corrected chi connectivity index (χ3v) is 3.55. The second-order valence-electron chi connectivity index (χ2n) is 4.09. The van der Waals surface area contributed by atoms with Crippen LogP contribution < -0.4 is 5.73 Å². The van der Waals surface area contributed by atoms with Crippen molar-refractivity contribution in [2.45, 2.75) is 44.2 Å². The zero-order valence-corrected chi connectivity index (χ0v) is 7.34. The van der Waals surface area contributed by atoms with Crippen LogP contribution in [-0.4, -0.2) is 29.6 Å². The third kappa shape index (κ3) is 0.926. The summed E-state index contributed by atoms with van der Waals surface area (Å²) in [7, 11) is 0. The lowest BCUT2D eigenvalue weighted by Crippen LogP contribution is -2.51. The van der Waals surface area contributed by atoms with Crippen LogP contribution in [-0.2, 0) is 0 Å². The molecule has 11 heavy (non-hydrogen) atoms. The van der Waals surface area contributed by atoms with Crippen LogP contribution >= 0.6 is 0 Å². The molecular weight excluding hydrogens is 136 g/mol. The van der Waals surface area contributed by atoms with E-state index < -0.39 is 0 Å². The van der Waals surface area contributed by atoms with Gasteiger partial charge in [-0.3, -0.25) is 4.90 Å². The Morgan fingerprint density at radius 1 is 1.27 bits per heavy atom. The van der Waals surface area contributed by atoms with Crippen molar-refractivity contribution in [2.24, 2.45) is 5.73 Å². The van der Waals surface area contributed by atoms with Gasteiger partial charge in [0.25, 0.3) is 0 Å². The van der Waals surface area contributed by atoms with Gasteiger partial charge in [-0.2, -0.15) is 0 Å². The van der Waals surface area contributed by atoms with E-state index in [1.165, 1.54) is 38.8 Å². The Balaban J connectivity index is 2.20. The average Bonchev–Trinajstić information content (AvgIpc) is 2.40. The van der Waals surface area contributed by atoms with Crippen LogP contribution in [0.5, 0.6) is 0 Å². The molecule has 2 aliphatic rings. The van der Waals surface area contributed by atoms with Crippen molar-refractivity contribution in [3.05, 3.63) is 0 Å². The molecule has 0 aliphatic carbocycles. The molecule has 0 spiro atoms. The Labute approximate surface area is 68.7 Å². The van der Waals surface area contributed by atoms with E-state index in [0.29, 0.717) is 11.6 Å². The minimum atomic E-state index is 0.368. The second-order valence-corrected chi connectivity index (χ2v) is 4.09. The standard InChI is InChI=1S/C9H18N2/c1-8(10)9-4-2-6-11(9)7-3-5-9/h8H,2-7,10H2,1H3/t8-/m0/s1. The summed E-state index contributed by atoms with van der Waals surface area (Å²) in [5.74, 6) is 0. The predicted octanol–water partition coefficient (Wildman–Crippen LogP) is 0.962. The van der Waals surface area contributed by atoms with Gasteiger partial charge in [0.05, 0.1) is 0 Å². The highest BCUT2D eigenvalue weighted by molar-refractivity contribution is 5.04. The Morgan fingerprint density at radius 3 is 2.18 bits per heavy atom. The van der Waals surface area contributed by atoms with E-state index in [0.717, 1.165) is 0 Å². The first kappa shape index (κ1) is 7.56. The van der Waals surface area contributed by atoms with Crippen molar-refractivity contribution in [1.29, 1.82) is 0 Å². The molecule has 0 bridgehead atoms. The molecule has 2 fully saturated rings. The molecule has 0 radical (unpaired) electrons. The molecule has 2 heterocycles. The Bertz CT molecular complexity index is 144. The summed E-state index contributed by atoms with van der Waals surface area (Å²) in [4.78, 5) is 2.61. The molecule has 1 atom stereocenters. The largest absolute Gasteiger partial charge is 0.326 e. The van der Waals surface area contributed by atoms with E-state index in [9.17, 15) is 0 Å². The molecule has 2 heteroatoms. The van der Waals surface area contributed by atoms with Crippen molar-refractivity contribution >= 4 is 0 Å². The maximum Gasteiger partial charge on any atom is 0.0358 e. The topological polar surface area (TPSA) is 29.3 Å². The van der Waals surface area contributed by atoms with Crippen LogP contribution in [0, 0.1) is 0 Å². The summed E-state index contributed by atoms with van der Waals surface area (Å²) in [6.45, 7) is 4.76. The first-order valence-electron chi connectivity index (χ1n) is 4.76. The molecule has 2 nitrogen and oxygen atoms in total. The van der Waals surface area contributed by atoms with E-state index in [2.05, 4.69) is 11.8 Å². The first-order valence-corrected chi connectivity index (χ1v) is 4.76. The van der Waals surface area contributed by atoms with E-state index in [1.807, 2.05) is 0 Å². The predicted molar refractivity (Wildman–Crippen MR) is 46.4 cm³/mol. The van der Waals surface area contributed by atoms with Gasteiger partial charge in [0.1, 0.15) is 0 Å². The summed E-state index contributed by atoms with van der Waals surface area (Å²) in [6, 6.07) is 0.368. The van der Waals surface area contributed by atoms with Gasteiger partial charge in [0.15, 0.2) is 0 Å². The number of hydrogen-bond acceptors (Lipinski definition) is 2. The summed E-state index contributed by atoms with van der Waals surface area (Å²) in [5, 5.41) is 0. The number of fused-ring (bicyclic) bond motifs is 1. The number of nitrogens with two attached hydrogens (primary N) is 1. The van der Waals surface area contributed by atoms with Gasteiger partial charge in [-0.15, -0.1) is 0 Å².